The maximum atomic E-state index is 13.7. The van der Waals surface area contributed by atoms with Gasteiger partial charge in [0.05, 0.1) is 5.75 Å². The molecule has 1 aromatic carbocycles. The van der Waals surface area contributed by atoms with Crippen LogP contribution in [0.3, 0.4) is 0 Å². The van der Waals surface area contributed by atoms with Crippen LogP contribution in [0.25, 0.3) is 0 Å². The summed E-state index contributed by atoms with van der Waals surface area (Å²) in [6.45, 7) is 1.76. The Morgan fingerprint density at radius 1 is 1.38 bits per heavy atom. The van der Waals surface area contributed by atoms with Gasteiger partial charge in [0.1, 0.15) is 0 Å². The van der Waals surface area contributed by atoms with Gasteiger partial charge >= 0.3 is 0 Å². The SMILES string of the molecule is CC(CN)S(=O)CC(F)(F)c1ccccc1. The van der Waals surface area contributed by atoms with Crippen molar-refractivity contribution >= 4 is 10.8 Å². The summed E-state index contributed by atoms with van der Waals surface area (Å²) in [5.74, 6) is -3.73. The predicted octanol–water partition coefficient (Wildman–Crippen LogP) is 1.87. The molecule has 0 amide bonds. The highest BCUT2D eigenvalue weighted by molar-refractivity contribution is 7.85. The Kier molecular flexibility index (Phi) is 4.56. The standard InChI is InChI=1S/C11H15F2NOS/c1-9(7-14)16(15)8-11(12,13)10-5-3-2-4-6-10/h2-6,9H,7-8,14H2,1H3. The Morgan fingerprint density at radius 3 is 2.44 bits per heavy atom. The first-order valence-electron chi connectivity index (χ1n) is 4.98. The molecule has 0 fully saturated rings. The molecule has 0 saturated heterocycles. The van der Waals surface area contributed by atoms with Crippen molar-refractivity contribution in [3.8, 4) is 0 Å². The highest BCUT2D eigenvalue weighted by Gasteiger charge is 2.34. The summed E-state index contributed by atoms with van der Waals surface area (Å²) in [4.78, 5) is 0. The molecule has 0 spiro atoms. The van der Waals surface area contributed by atoms with Crippen LogP contribution in [-0.4, -0.2) is 21.8 Å². The number of benzene rings is 1. The molecule has 0 radical (unpaired) electrons. The van der Waals surface area contributed by atoms with E-state index in [1.165, 1.54) is 12.1 Å². The van der Waals surface area contributed by atoms with E-state index in [0.29, 0.717) is 0 Å². The van der Waals surface area contributed by atoms with Gasteiger partial charge in [0.15, 0.2) is 0 Å². The second-order valence-corrected chi connectivity index (χ2v) is 5.50. The summed E-state index contributed by atoms with van der Waals surface area (Å²) in [6, 6.07) is 7.42. The third-order valence-corrected chi connectivity index (χ3v) is 4.04. The lowest BCUT2D eigenvalue weighted by atomic mass is 10.1. The van der Waals surface area contributed by atoms with Gasteiger partial charge in [-0.05, 0) is 6.92 Å². The zero-order valence-electron chi connectivity index (χ0n) is 9.03. The first-order valence-corrected chi connectivity index (χ1v) is 6.36. The van der Waals surface area contributed by atoms with E-state index in [1.807, 2.05) is 0 Å². The molecule has 2 nitrogen and oxygen atoms in total. The van der Waals surface area contributed by atoms with Crippen LogP contribution in [0, 0.1) is 0 Å². The summed E-state index contributed by atoms with van der Waals surface area (Å²) in [5.41, 5.74) is 5.19. The summed E-state index contributed by atoms with van der Waals surface area (Å²) < 4.78 is 38.9. The highest BCUT2D eigenvalue weighted by Crippen LogP contribution is 2.29. The quantitative estimate of drug-likeness (QED) is 0.863. The molecule has 1 rings (SSSR count). The lowest BCUT2D eigenvalue weighted by Gasteiger charge is -2.18. The molecule has 0 heterocycles. The monoisotopic (exact) mass is 247 g/mol. The Hall–Kier alpha value is -0.810. The molecule has 5 heteroatoms. The second-order valence-electron chi connectivity index (χ2n) is 3.64. The first kappa shape index (κ1) is 13.3. The van der Waals surface area contributed by atoms with Crippen molar-refractivity contribution in [2.75, 3.05) is 12.3 Å². The van der Waals surface area contributed by atoms with Crippen LogP contribution < -0.4 is 5.73 Å². The zero-order chi connectivity index (χ0) is 12.2. The normalized spacial score (nSPS) is 15.8. The van der Waals surface area contributed by atoms with E-state index >= 15 is 0 Å². The highest BCUT2D eigenvalue weighted by atomic mass is 32.2. The van der Waals surface area contributed by atoms with E-state index in [0.717, 1.165) is 0 Å². The largest absolute Gasteiger partial charge is 0.329 e. The fraction of sp³-hybridized carbons (Fsp3) is 0.455. The minimum Gasteiger partial charge on any atom is -0.329 e. The maximum Gasteiger partial charge on any atom is 0.284 e. The number of hydrogen-bond acceptors (Lipinski definition) is 2. The van der Waals surface area contributed by atoms with Gasteiger partial charge in [0.25, 0.3) is 5.92 Å². The molecule has 2 unspecified atom stereocenters. The van der Waals surface area contributed by atoms with Gasteiger partial charge in [0.2, 0.25) is 0 Å². The fourth-order valence-electron chi connectivity index (χ4n) is 1.19. The summed E-state index contributed by atoms with van der Waals surface area (Å²) in [6.07, 6.45) is 0. The van der Waals surface area contributed by atoms with Crippen molar-refractivity contribution < 1.29 is 13.0 Å². The lowest BCUT2D eigenvalue weighted by Crippen LogP contribution is -2.30. The van der Waals surface area contributed by atoms with E-state index in [9.17, 15) is 13.0 Å². The molecule has 0 bridgehead atoms. The Bertz CT molecular complexity index is 356. The van der Waals surface area contributed by atoms with Crippen LogP contribution in [0.15, 0.2) is 30.3 Å². The van der Waals surface area contributed by atoms with Crippen LogP contribution in [0.1, 0.15) is 12.5 Å². The Morgan fingerprint density at radius 2 is 1.94 bits per heavy atom. The molecule has 2 N–H and O–H groups in total. The van der Waals surface area contributed by atoms with E-state index in [1.54, 1.807) is 25.1 Å². The molecular formula is C11H15F2NOS. The molecule has 0 aliphatic carbocycles. The molecule has 0 saturated carbocycles. The number of rotatable bonds is 5. The Balaban J connectivity index is 2.76. The van der Waals surface area contributed by atoms with Crippen molar-refractivity contribution in [2.45, 2.75) is 18.1 Å². The van der Waals surface area contributed by atoms with Crippen LogP contribution in [0.2, 0.25) is 0 Å². The Labute approximate surface area is 96.3 Å². The van der Waals surface area contributed by atoms with Crippen LogP contribution in [-0.2, 0) is 16.7 Å². The summed E-state index contributed by atoms with van der Waals surface area (Å²) in [5, 5.41) is -0.408. The summed E-state index contributed by atoms with van der Waals surface area (Å²) in [7, 11) is -1.61. The van der Waals surface area contributed by atoms with E-state index < -0.39 is 27.7 Å². The maximum absolute atomic E-state index is 13.7. The van der Waals surface area contributed by atoms with Crippen LogP contribution >= 0.6 is 0 Å². The topological polar surface area (TPSA) is 43.1 Å². The molecular weight excluding hydrogens is 232 g/mol. The predicted molar refractivity (Wildman–Crippen MR) is 61.9 cm³/mol. The second kappa shape index (κ2) is 5.50. The number of halogens is 2. The molecule has 16 heavy (non-hydrogen) atoms. The third kappa shape index (κ3) is 3.35. The minimum absolute atomic E-state index is 0.104. The van der Waals surface area contributed by atoms with Gasteiger partial charge in [-0.15, -0.1) is 0 Å². The number of nitrogens with two attached hydrogens (primary N) is 1. The molecule has 0 aliphatic heterocycles. The van der Waals surface area contributed by atoms with E-state index in [4.69, 9.17) is 5.73 Å². The van der Waals surface area contributed by atoms with Crippen molar-refractivity contribution in [3.63, 3.8) is 0 Å². The van der Waals surface area contributed by atoms with Crippen LogP contribution in [0.5, 0.6) is 0 Å². The molecule has 1 aromatic rings. The molecule has 0 aromatic heterocycles. The van der Waals surface area contributed by atoms with Gasteiger partial charge in [-0.25, -0.2) is 8.78 Å². The minimum atomic E-state index is -3.06. The summed E-state index contributed by atoms with van der Waals surface area (Å²) >= 11 is 0. The van der Waals surface area contributed by atoms with Gasteiger partial charge in [-0.1, -0.05) is 30.3 Å². The molecule has 2 atom stereocenters. The van der Waals surface area contributed by atoms with Crippen molar-refractivity contribution in [3.05, 3.63) is 35.9 Å². The van der Waals surface area contributed by atoms with E-state index in [2.05, 4.69) is 0 Å². The number of hydrogen-bond donors (Lipinski definition) is 1. The molecule has 90 valence electrons. The number of alkyl halides is 2. The average molecular weight is 247 g/mol. The zero-order valence-corrected chi connectivity index (χ0v) is 9.84. The van der Waals surface area contributed by atoms with Crippen LogP contribution in [0.4, 0.5) is 8.78 Å². The van der Waals surface area contributed by atoms with Gasteiger partial charge in [-0.3, -0.25) is 4.21 Å². The first-order chi connectivity index (χ1) is 7.47. The van der Waals surface area contributed by atoms with Crippen molar-refractivity contribution in [2.24, 2.45) is 5.73 Å². The third-order valence-electron chi connectivity index (χ3n) is 2.30. The smallest absolute Gasteiger partial charge is 0.284 e. The average Bonchev–Trinajstić information content (AvgIpc) is 2.28. The van der Waals surface area contributed by atoms with Crippen molar-refractivity contribution in [1.82, 2.24) is 0 Å². The van der Waals surface area contributed by atoms with E-state index in [-0.39, 0.29) is 12.1 Å². The van der Waals surface area contributed by atoms with Gasteiger partial charge in [0, 0.05) is 28.2 Å². The molecule has 0 aliphatic rings. The van der Waals surface area contributed by atoms with Gasteiger partial charge in [-0.2, -0.15) is 0 Å². The lowest BCUT2D eigenvalue weighted by molar-refractivity contribution is 0.0221. The van der Waals surface area contributed by atoms with Gasteiger partial charge < -0.3 is 5.73 Å². The fourth-order valence-corrected chi connectivity index (χ4v) is 2.22. The van der Waals surface area contributed by atoms with Crippen molar-refractivity contribution in [1.29, 1.82) is 0 Å².